The Kier molecular flexibility index (Phi) is 6.98. The summed E-state index contributed by atoms with van der Waals surface area (Å²) in [5, 5.41) is 0. The first kappa shape index (κ1) is 22.5. The molecule has 0 atom stereocenters. The summed E-state index contributed by atoms with van der Waals surface area (Å²) >= 11 is 0. The average Bonchev–Trinajstić information content (AvgIpc) is 2.87. The Morgan fingerprint density at radius 1 is 0.848 bits per heavy atom. The molecular weight excluding hydrogens is 423 g/mol. The second-order valence-electron chi connectivity index (χ2n) is 7.70. The summed E-state index contributed by atoms with van der Waals surface area (Å²) in [5.74, 6) is 1.58. The Bertz CT molecular complexity index is 1110. The smallest absolute Gasteiger partial charge is 0.253 e. The number of para-hydroxylation sites is 3. The van der Waals surface area contributed by atoms with Gasteiger partial charge in [0.25, 0.3) is 5.91 Å². The monoisotopic (exact) mass is 450 g/mol. The summed E-state index contributed by atoms with van der Waals surface area (Å²) in [5.41, 5.74) is 1.90. The van der Waals surface area contributed by atoms with E-state index >= 15 is 0 Å². The number of ether oxygens (including phenoxy) is 3. The first-order valence-corrected chi connectivity index (χ1v) is 10.8. The van der Waals surface area contributed by atoms with E-state index in [-0.39, 0.29) is 18.3 Å². The largest absolute Gasteiger partial charge is 0.496 e. The maximum Gasteiger partial charge on any atom is 0.253 e. The Labute approximate surface area is 193 Å². The predicted molar refractivity (Wildman–Crippen MR) is 125 cm³/mol. The highest BCUT2D eigenvalue weighted by molar-refractivity contribution is 5.94. The number of benzene rings is 3. The van der Waals surface area contributed by atoms with E-state index in [0.717, 1.165) is 5.56 Å². The molecule has 0 bridgehead atoms. The predicted octanol–water partition coefficient (Wildman–Crippen LogP) is 4.38. The van der Waals surface area contributed by atoms with Crippen molar-refractivity contribution in [1.82, 2.24) is 4.90 Å². The van der Waals surface area contributed by atoms with Crippen LogP contribution in [0.5, 0.6) is 17.2 Å². The Hall–Kier alpha value is -3.74. The second kappa shape index (κ2) is 10.3. The van der Waals surface area contributed by atoms with Crippen LogP contribution >= 0.6 is 0 Å². The number of amides is 1. The molecule has 7 heteroatoms. The van der Waals surface area contributed by atoms with Gasteiger partial charge in [0.1, 0.15) is 18.2 Å². The van der Waals surface area contributed by atoms with Gasteiger partial charge in [0.15, 0.2) is 11.5 Å². The van der Waals surface area contributed by atoms with Crippen LogP contribution in [0.1, 0.15) is 15.9 Å². The van der Waals surface area contributed by atoms with Crippen LogP contribution in [0.2, 0.25) is 0 Å². The molecule has 0 aromatic heterocycles. The van der Waals surface area contributed by atoms with Crippen molar-refractivity contribution in [1.29, 1.82) is 0 Å². The minimum atomic E-state index is -0.243. The van der Waals surface area contributed by atoms with Crippen molar-refractivity contribution in [3.05, 3.63) is 83.7 Å². The number of halogens is 1. The van der Waals surface area contributed by atoms with Crippen LogP contribution in [0.25, 0.3) is 0 Å². The zero-order valence-corrected chi connectivity index (χ0v) is 18.8. The number of carbonyl (C=O) groups is 1. The third kappa shape index (κ3) is 5.03. The maximum atomic E-state index is 14.1. The fraction of sp³-hybridized carbons (Fsp3) is 0.269. The van der Waals surface area contributed by atoms with Crippen LogP contribution in [0.3, 0.4) is 0 Å². The van der Waals surface area contributed by atoms with Gasteiger partial charge in [-0.3, -0.25) is 4.79 Å². The van der Waals surface area contributed by atoms with Gasteiger partial charge in [-0.1, -0.05) is 24.3 Å². The number of rotatable bonds is 7. The summed E-state index contributed by atoms with van der Waals surface area (Å²) in [6.07, 6.45) is 0. The van der Waals surface area contributed by atoms with E-state index in [2.05, 4.69) is 0 Å². The van der Waals surface area contributed by atoms with Gasteiger partial charge in [0, 0.05) is 37.3 Å². The zero-order chi connectivity index (χ0) is 23.2. The van der Waals surface area contributed by atoms with E-state index in [1.807, 2.05) is 35.2 Å². The van der Waals surface area contributed by atoms with Crippen molar-refractivity contribution in [3.63, 3.8) is 0 Å². The van der Waals surface area contributed by atoms with Gasteiger partial charge in [0.2, 0.25) is 0 Å². The molecule has 1 fully saturated rings. The molecule has 0 saturated carbocycles. The highest BCUT2D eigenvalue weighted by Gasteiger charge is 2.24. The van der Waals surface area contributed by atoms with E-state index in [1.165, 1.54) is 6.07 Å². The molecule has 3 aromatic rings. The Morgan fingerprint density at radius 2 is 1.52 bits per heavy atom. The SMILES string of the molecule is COc1ccc(C(=O)N2CCN(c3ccccc3F)CC2)cc1COc1ccccc1OC. The number of methoxy groups -OCH3 is 2. The van der Waals surface area contributed by atoms with Crippen LogP contribution in [0.4, 0.5) is 10.1 Å². The molecule has 1 heterocycles. The van der Waals surface area contributed by atoms with Crippen LogP contribution < -0.4 is 19.1 Å². The number of nitrogens with zero attached hydrogens (tertiary/aromatic N) is 2. The van der Waals surface area contributed by atoms with Crippen LogP contribution in [-0.2, 0) is 6.61 Å². The summed E-state index contributed by atoms with van der Waals surface area (Å²) < 4.78 is 30.8. The minimum Gasteiger partial charge on any atom is -0.496 e. The van der Waals surface area contributed by atoms with E-state index in [4.69, 9.17) is 14.2 Å². The quantitative estimate of drug-likeness (QED) is 0.535. The first-order valence-electron chi connectivity index (χ1n) is 10.8. The molecule has 1 amide bonds. The van der Waals surface area contributed by atoms with E-state index in [1.54, 1.807) is 49.5 Å². The molecule has 0 unspecified atom stereocenters. The average molecular weight is 451 g/mol. The Balaban J connectivity index is 1.44. The lowest BCUT2D eigenvalue weighted by atomic mass is 10.1. The minimum absolute atomic E-state index is 0.0654. The molecule has 3 aromatic carbocycles. The van der Waals surface area contributed by atoms with Crippen LogP contribution in [0.15, 0.2) is 66.7 Å². The second-order valence-corrected chi connectivity index (χ2v) is 7.70. The number of anilines is 1. The summed E-state index contributed by atoms with van der Waals surface area (Å²) in [7, 11) is 3.18. The molecule has 33 heavy (non-hydrogen) atoms. The number of hydrogen-bond acceptors (Lipinski definition) is 5. The molecule has 0 aliphatic carbocycles. The van der Waals surface area contributed by atoms with Gasteiger partial charge in [-0.25, -0.2) is 4.39 Å². The fourth-order valence-electron chi connectivity index (χ4n) is 3.96. The molecule has 1 aliphatic heterocycles. The molecule has 1 saturated heterocycles. The summed E-state index contributed by atoms with van der Waals surface area (Å²) in [6, 6.07) is 19.5. The van der Waals surface area contributed by atoms with Crippen LogP contribution in [0, 0.1) is 5.82 Å². The lowest BCUT2D eigenvalue weighted by Crippen LogP contribution is -2.49. The van der Waals surface area contributed by atoms with Gasteiger partial charge >= 0.3 is 0 Å². The summed E-state index contributed by atoms with van der Waals surface area (Å²) in [6.45, 7) is 2.42. The standard InChI is InChI=1S/C26H27FN2O4/c1-31-23-12-11-19(17-20(23)18-33-25-10-6-5-9-24(25)32-2)26(30)29-15-13-28(14-16-29)22-8-4-3-7-21(22)27/h3-12,17H,13-16,18H2,1-2H3. The van der Waals surface area contributed by atoms with Crippen molar-refractivity contribution in [2.75, 3.05) is 45.3 Å². The first-order chi connectivity index (χ1) is 16.1. The number of hydrogen-bond donors (Lipinski definition) is 0. The van der Waals surface area contributed by atoms with E-state index in [9.17, 15) is 9.18 Å². The van der Waals surface area contributed by atoms with Crippen molar-refractivity contribution in [2.45, 2.75) is 6.61 Å². The zero-order valence-electron chi connectivity index (χ0n) is 18.8. The molecule has 0 N–H and O–H groups in total. The van der Waals surface area contributed by atoms with Gasteiger partial charge in [-0.2, -0.15) is 0 Å². The molecule has 0 spiro atoms. The van der Waals surface area contributed by atoms with Crippen molar-refractivity contribution < 1.29 is 23.4 Å². The van der Waals surface area contributed by atoms with Crippen molar-refractivity contribution >= 4 is 11.6 Å². The number of piperazine rings is 1. The van der Waals surface area contributed by atoms with Gasteiger partial charge in [0.05, 0.1) is 19.9 Å². The number of carbonyl (C=O) groups excluding carboxylic acids is 1. The lowest BCUT2D eigenvalue weighted by molar-refractivity contribution is 0.0746. The third-order valence-electron chi connectivity index (χ3n) is 5.74. The highest BCUT2D eigenvalue weighted by atomic mass is 19.1. The summed E-state index contributed by atoms with van der Waals surface area (Å²) in [4.78, 5) is 16.9. The molecule has 6 nitrogen and oxygen atoms in total. The highest BCUT2D eigenvalue weighted by Crippen LogP contribution is 2.29. The molecule has 0 radical (unpaired) electrons. The van der Waals surface area contributed by atoms with E-state index < -0.39 is 0 Å². The maximum absolute atomic E-state index is 14.1. The van der Waals surface area contributed by atoms with Crippen molar-refractivity contribution in [2.24, 2.45) is 0 Å². The Morgan fingerprint density at radius 3 is 2.21 bits per heavy atom. The molecule has 4 rings (SSSR count). The normalized spacial score (nSPS) is 13.5. The van der Waals surface area contributed by atoms with Gasteiger partial charge in [-0.15, -0.1) is 0 Å². The fourth-order valence-corrected chi connectivity index (χ4v) is 3.96. The topological polar surface area (TPSA) is 51.2 Å². The van der Waals surface area contributed by atoms with E-state index in [0.29, 0.717) is 54.7 Å². The third-order valence-corrected chi connectivity index (χ3v) is 5.74. The molecule has 172 valence electrons. The van der Waals surface area contributed by atoms with Gasteiger partial charge in [-0.05, 0) is 42.5 Å². The van der Waals surface area contributed by atoms with Crippen molar-refractivity contribution in [3.8, 4) is 17.2 Å². The van der Waals surface area contributed by atoms with Crippen LogP contribution in [-0.4, -0.2) is 51.2 Å². The molecular formula is C26H27FN2O4. The van der Waals surface area contributed by atoms with Gasteiger partial charge < -0.3 is 24.0 Å². The lowest BCUT2D eigenvalue weighted by Gasteiger charge is -2.36. The molecule has 1 aliphatic rings.